The van der Waals surface area contributed by atoms with E-state index in [1.807, 2.05) is 36.5 Å². The molecule has 3 rings (SSSR count). The summed E-state index contributed by atoms with van der Waals surface area (Å²) >= 11 is 0. The highest BCUT2D eigenvalue weighted by molar-refractivity contribution is 5.92. The molecule has 1 aromatic heterocycles. The second-order valence-electron chi connectivity index (χ2n) is 5.94. The van der Waals surface area contributed by atoms with Crippen LogP contribution >= 0.6 is 0 Å². The average molecular weight is 348 g/mol. The SMILES string of the molecule is CC(=O)Nc1ccc(NC(=O)CCc2cnn(-c3ccccc3)c2)cc1. The molecule has 6 nitrogen and oxygen atoms in total. The van der Waals surface area contributed by atoms with E-state index in [1.54, 1.807) is 35.1 Å². The Bertz CT molecular complexity index is 886. The van der Waals surface area contributed by atoms with Gasteiger partial charge in [-0.25, -0.2) is 4.68 Å². The number of anilines is 2. The first kappa shape index (κ1) is 17.4. The van der Waals surface area contributed by atoms with Gasteiger partial charge in [0.05, 0.1) is 11.9 Å². The fourth-order valence-electron chi connectivity index (χ4n) is 2.53. The summed E-state index contributed by atoms with van der Waals surface area (Å²) in [6.45, 7) is 1.45. The Labute approximate surface area is 151 Å². The van der Waals surface area contributed by atoms with Gasteiger partial charge in [0, 0.05) is 30.9 Å². The standard InChI is InChI=1S/C20H20N4O2/c1-15(25)22-17-8-10-18(11-9-17)23-20(26)12-7-16-13-21-24(14-16)19-5-3-2-4-6-19/h2-6,8-11,13-14H,7,12H2,1H3,(H,22,25)(H,23,26). The molecule has 3 aromatic rings. The van der Waals surface area contributed by atoms with Gasteiger partial charge in [-0.15, -0.1) is 0 Å². The van der Waals surface area contributed by atoms with E-state index >= 15 is 0 Å². The molecule has 1 heterocycles. The lowest BCUT2D eigenvalue weighted by Gasteiger charge is -2.06. The number of amides is 2. The Morgan fingerprint density at radius 2 is 1.62 bits per heavy atom. The summed E-state index contributed by atoms with van der Waals surface area (Å²) in [6, 6.07) is 16.9. The molecule has 0 fully saturated rings. The number of hydrogen-bond donors (Lipinski definition) is 2. The van der Waals surface area contributed by atoms with Crippen LogP contribution in [0.4, 0.5) is 11.4 Å². The van der Waals surface area contributed by atoms with Crippen LogP contribution in [0.15, 0.2) is 67.0 Å². The van der Waals surface area contributed by atoms with Gasteiger partial charge in [0.1, 0.15) is 0 Å². The van der Waals surface area contributed by atoms with Gasteiger partial charge in [-0.2, -0.15) is 5.10 Å². The number of para-hydroxylation sites is 1. The molecule has 6 heteroatoms. The molecule has 0 unspecified atom stereocenters. The van der Waals surface area contributed by atoms with E-state index in [9.17, 15) is 9.59 Å². The molecule has 0 aliphatic heterocycles. The van der Waals surface area contributed by atoms with Gasteiger partial charge < -0.3 is 10.6 Å². The van der Waals surface area contributed by atoms with Gasteiger partial charge >= 0.3 is 0 Å². The van der Waals surface area contributed by atoms with Crippen molar-refractivity contribution in [3.63, 3.8) is 0 Å². The average Bonchev–Trinajstić information content (AvgIpc) is 3.11. The maximum absolute atomic E-state index is 12.1. The Balaban J connectivity index is 1.51. The van der Waals surface area contributed by atoms with E-state index in [0.717, 1.165) is 11.3 Å². The summed E-state index contributed by atoms with van der Waals surface area (Å²) in [7, 11) is 0. The highest BCUT2D eigenvalue weighted by Gasteiger charge is 2.06. The normalized spacial score (nSPS) is 10.3. The van der Waals surface area contributed by atoms with Crippen LogP contribution < -0.4 is 10.6 Å². The van der Waals surface area contributed by atoms with Crippen LogP contribution in [0.2, 0.25) is 0 Å². The molecule has 0 radical (unpaired) electrons. The molecular formula is C20H20N4O2. The number of aryl methyl sites for hydroxylation is 1. The molecule has 26 heavy (non-hydrogen) atoms. The Morgan fingerprint density at radius 3 is 2.27 bits per heavy atom. The summed E-state index contributed by atoms with van der Waals surface area (Å²) in [5.41, 5.74) is 3.39. The molecule has 0 aliphatic rings. The third-order valence-corrected chi connectivity index (χ3v) is 3.79. The topological polar surface area (TPSA) is 76.0 Å². The van der Waals surface area contributed by atoms with Gasteiger partial charge in [0.25, 0.3) is 0 Å². The van der Waals surface area contributed by atoms with Crippen molar-refractivity contribution in [3.05, 3.63) is 72.6 Å². The van der Waals surface area contributed by atoms with Gasteiger partial charge in [-0.1, -0.05) is 18.2 Å². The van der Waals surface area contributed by atoms with Gasteiger partial charge in [-0.3, -0.25) is 9.59 Å². The van der Waals surface area contributed by atoms with Crippen molar-refractivity contribution in [2.24, 2.45) is 0 Å². The molecule has 2 aromatic carbocycles. The summed E-state index contributed by atoms with van der Waals surface area (Å²) in [5, 5.41) is 9.87. The van der Waals surface area contributed by atoms with Crippen LogP contribution in [0.5, 0.6) is 0 Å². The minimum Gasteiger partial charge on any atom is -0.326 e. The predicted molar refractivity (Wildman–Crippen MR) is 101 cm³/mol. The van der Waals surface area contributed by atoms with Crippen LogP contribution in [-0.4, -0.2) is 21.6 Å². The number of aromatic nitrogens is 2. The van der Waals surface area contributed by atoms with Gasteiger partial charge in [-0.05, 0) is 48.4 Å². The maximum Gasteiger partial charge on any atom is 0.224 e. The fraction of sp³-hybridized carbons (Fsp3) is 0.150. The zero-order chi connectivity index (χ0) is 18.4. The van der Waals surface area contributed by atoms with Crippen molar-refractivity contribution in [3.8, 4) is 5.69 Å². The first-order chi connectivity index (χ1) is 12.6. The third-order valence-electron chi connectivity index (χ3n) is 3.79. The zero-order valence-corrected chi connectivity index (χ0v) is 14.5. The number of carbonyl (C=O) groups is 2. The zero-order valence-electron chi connectivity index (χ0n) is 14.5. The molecule has 0 saturated heterocycles. The van der Waals surface area contributed by atoms with E-state index in [1.165, 1.54) is 6.92 Å². The lowest BCUT2D eigenvalue weighted by atomic mass is 10.2. The summed E-state index contributed by atoms with van der Waals surface area (Å²) < 4.78 is 1.80. The first-order valence-corrected chi connectivity index (χ1v) is 8.36. The maximum atomic E-state index is 12.1. The Morgan fingerprint density at radius 1 is 0.962 bits per heavy atom. The quantitative estimate of drug-likeness (QED) is 0.717. The highest BCUT2D eigenvalue weighted by atomic mass is 16.2. The molecule has 0 saturated carbocycles. The third kappa shape index (κ3) is 4.80. The van der Waals surface area contributed by atoms with Crippen molar-refractivity contribution < 1.29 is 9.59 Å². The number of rotatable bonds is 6. The van der Waals surface area contributed by atoms with Crippen molar-refractivity contribution in [1.82, 2.24) is 9.78 Å². The summed E-state index contributed by atoms with van der Waals surface area (Å²) in [5.74, 6) is -0.192. The smallest absolute Gasteiger partial charge is 0.224 e. The lowest BCUT2D eigenvalue weighted by Crippen LogP contribution is -2.12. The van der Waals surface area contributed by atoms with Crippen LogP contribution in [0.1, 0.15) is 18.9 Å². The van der Waals surface area contributed by atoms with Crippen LogP contribution in [0.25, 0.3) is 5.69 Å². The van der Waals surface area contributed by atoms with E-state index in [4.69, 9.17) is 0 Å². The largest absolute Gasteiger partial charge is 0.326 e. The minimum atomic E-state index is -0.127. The molecule has 2 N–H and O–H groups in total. The number of nitrogens with one attached hydrogen (secondary N) is 2. The second-order valence-corrected chi connectivity index (χ2v) is 5.94. The van der Waals surface area contributed by atoms with Crippen LogP contribution in [0, 0.1) is 0 Å². The van der Waals surface area contributed by atoms with E-state index < -0.39 is 0 Å². The molecule has 132 valence electrons. The predicted octanol–water partition coefficient (Wildman–Crippen LogP) is 3.40. The monoisotopic (exact) mass is 348 g/mol. The number of carbonyl (C=O) groups excluding carboxylic acids is 2. The van der Waals surface area contributed by atoms with Crippen molar-refractivity contribution in [2.75, 3.05) is 10.6 Å². The number of nitrogens with zero attached hydrogens (tertiary/aromatic N) is 2. The van der Waals surface area contributed by atoms with Crippen LogP contribution in [0.3, 0.4) is 0 Å². The van der Waals surface area contributed by atoms with Crippen molar-refractivity contribution in [2.45, 2.75) is 19.8 Å². The summed E-state index contributed by atoms with van der Waals surface area (Å²) in [4.78, 5) is 23.1. The van der Waals surface area contributed by atoms with E-state index in [0.29, 0.717) is 24.2 Å². The fourth-order valence-corrected chi connectivity index (χ4v) is 2.53. The van der Waals surface area contributed by atoms with Crippen LogP contribution in [-0.2, 0) is 16.0 Å². The Hall–Kier alpha value is -3.41. The van der Waals surface area contributed by atoms with E-state index in [-0.39, 0.29) is 11.8 Å². The number of benzene rings is 2. The first-order valence-electron chi connectivity index (χ1n) is 8.36. The Kier molecular flexibility index (Phi) is 5.43. The van der Waals surface area contributed by atoms with Gasteiger partial charge in [0.15, 0.2) is 0 Å². The molecule has 0 atom stereocenters. The van der Waals surface area contributed by atoms with Crippen molar-refractivity contribution >= 4 is 23.2 Å². The molecule has 0 aliphatic carbocycles. The second kappa shape index (κ2) is 8.11. The lowest BCUT2D eigenvalue weighted by molar-refractivity contribution is -0.116. The molecular weight excluding hydrogens is 328 g/mol. The highest BCUT2D eigenvalue weighted by Crippen LogP contribution is 2.14. The van der Waals surface area contributed by atoms with Gasteiger partial charge in [0.2, 0.25) is 11.8 Å². The molecule has 0 bridgehead atoms. The van der Waals surface area contributed by atoms with Crippen molar-refractivity contribution in [1.29, 1.82) is 0 Å². The molecule has 2 amide bonds. The summed E-state index contributed by atoms with van der Waals surface area (Å²) in [6.07, 6.45) is 4.70. The minimum absolute atomic E-state index is 0.0651. The van der Waals surface area contributed by atoms with E-state index in [2.05, 4.69) is 15.7 Å². The molecule has 0 spiro atoms. The number of hydrogen-bond acceptors (Lipinski definition) is 3.